The molecule has 0 spiro atoms. The zero-order chi connectivity index (χ0) is 13.2. The molecule has 3 nitrogen and oxygen atoms in total. The van der Waals surface area contributed by atoms with Crippen molar-refractivity contribution in [2.45, 2.75) is 58.5 Å². The largest absolute Gasteiger partial charge is 0.508 e. The van der Waals surface area contributed by atoms with Gasteiger partial charge in [-0.05, 0) is 49.4 Å². The molecule has 3 heteroatoms. The molecular weight excluding hydrogens is 228 g/mol. The van der Waals surface area contributed by atoms with E-state index < -0.39 is 6.16 Å². The molecule has 0 heterocycles. The monoisotopic (exact) mass is 252 g/mol. The Labute approximate surface area is 109 Å². The first-order valence-electron chi connectivity index (χ1n) is 7.09. The van der Waals surface area contributed by atoms with Crippen molar-refractivity contribution >= 4 is 6.16 Å². The molecule has 0 aromatic heterocycles. The highest BCUT2D eigenvalue weighted by Crippen LogP contribution is 2.70. The maximum Gasteiger partial charge on any atom is 0.508 e. The fraction of sp³-hybridized carbons (Fsp3) is 0.933. The van der Waals surface area contributed by atoms with Crippen LogP contribution in [0.2, 0.25) is 0 Å². The molecule has 102 valence electrons. The van der Waals surface area contributed by atoms with E-state index in [-0.39, 0.29) is 11.0 Å². The van der Waals surface area contributed by atoms with Crippen molar-refractivity contribution in [1.82, 2.24) is 0 Å². The van der Waals surface area contributed by atoms with Crippen molar-refractivity contribution in [1.29, 1.82) is 0 Å². The quantitative estimate of drug-likeness (QED) is 0.666. The highest BCUT2D eigenvalue weighted by molar-refractivity contribution is 5.60. The predicted octanol–water partition coefficient (Wildman–Crippen LogP) is 3.76. The van der Waals surface area contributed by atoms with Crippen LogP contribution in [-0.2, 0) is 9.47 Å². The summed E-state index contributed by atoms with van der Waals surface area (Å²) in [6.45, 7) is 6.96. The van der Waals surface area contributed by atoms with Crippen molar-refractivity contribution in [3.63, 3.8) is 0 Å². The summed E-state index contributed by atoms with van der Waals surface area (Å²) in [5.41, 5.74) is 0.0612. The number of hydrogen-bond acceptors (Lipinski definition) is 3. The lowest BCUT2D eigenvalue weighted by Crippen LogP contribution is -2.67. The van der Waals surface area contributed by atoms with Crippen molar-refractivity contribution in [3.05, 3.63) is 0 Å². The molecule has 2 atom stereocenters. The summed E-state index contributed by atoms with van der Waals surface area (Å²) in [5.74, 6) is 1.47. The van der Waals surface area contributed by atoms with Gasteiger partial charge in [-0.2, -0.15) is 0 Å². The summed E-state index contributed by atoms with van der Waals surface area (Å²) in [7, 11) is 1.40. The topological polar surface area (TPSA) is 35.5 Å². The number of methoxy groups -OCH3 is 1. The minimum Gasteiger partial charge on any atom is -0.438 e. The summed E-state index contributed by atoms with van der Waals surface area (Å²) in [6, 6.07) is 0. The molecule has 4 fully saturated rings. The molecular formula is C15H24O3. The fourth-order valence-electron chi connectivity index (χ4n) is 5.31. The van der Waals surface area contributed by atoms with Crippen molar-refractivity contribution in [2.75, 3.05) is 7.11 Å². The molecule has 4 bridgehead atoms. The summed E-state index contributed by atoms with van der Waals surface area (Å²) in [5, 5.41) is 0. The highest BCUT2D eigenvalue weighted by atomic mass is 16.7. The van der Waals surface area contributed by atoms with Gasteiger partial charge in [0.05, 0.1) is 7.11 Å². The summed E-state index contributed by atoms with van der Waals surface area (Å²) in [6.07, 6.45) is 5.47. The molecule has 4 rings (SSSR count). The van der Waals surface area contributed by atoms with Gasteiger partial charge in [-0.1, -0.05) is 20.8 Å². The normalized spacial score (nSPS) is 48.0. The molecule has 0 aromatic carbocycles. The number of carbonyl (C=O) groups is 1. The van der Waals surface area contributed by atoms with Crippen LogP contribution in [0.5, 0.6) is 0 Å². The average molecular weight is 252 g/mol. The van der Waals surface area contributed by atoms with Crippen LogP contribution in [0.25, 0.3) is 0 Å². The molecule has 0 N–H and O–H groups in total. The number of ether oxygens (including phenoxy) is 2. The summed E-state index contributed by atoms with van der Waals surface area (Å²) in [4.78, 5) is 11.6. The van der Waals surface area contributed by atoms with Crippen LogP contribution in [-0.4, -0.2) is 18.9 Å². The Balaban J connectivity index is 1.99. The summed E-state index contributed by atoms with van der Waals surface area (Å²) >= 11 is 0. The Bertz CT molecular complexity index is 371. The molecule has 0 aliphatic heterocycles. The Morgan fingerprint density at radius 2 is 1.61 bits per heavy atom. The molecule has 4 aliphatic rings. The molecule has 2 unspecified atom stereocenters. The van der Waals surface area contributed by atoms with E-state index in [4.69, 9.17) is 9.47 Å². The minimum atomic E-state index is -0.506. The van der Waals surface area contributed by atoms with Crippen LogP contribution in [0.4, 0.5) is 4.79 Å². The number of rotatable bonds is 1. The van der Waals surface area contributed by atoms with E-state index in [1.54, 1.807) is 0 Å². The fourth-order valence-corrected chi connectivity index (χ4v) is 5.31. The van der Waals surface area contributed by atoms with Gasteiger partial charge >= 0.3 is 6.16 Å². The smallest absolute Gasteiger partial charge is 0.438 e. The van der Waals surface area contributed by atoms with Crippen LogP contribution < -0.4 is 0 Å². The second-order valence-corrected chi connectivity index (χ2v) is 7.52. The number of carbonyl (C=O) groups excluding carboxylic acids is 1. The lowest BCUT2D eigenvalue weighted by molar-refractivity contribution is -0.254. The summed E-state index contributed by atoms with van der Waals surface area (Å²) < 4.78 is 10.6. The zero-order valence-corrected chi connectivity index (χ0v) is 11.9. The first-order valence-corrected chi connectivity index (χ1v) is 7.09. The lowest BCUT2D eigenvalue weighted by Gasteiger charge is -2.69. The van der Waals surface area contributed by atoms with Gasteiger partial charge in [-0.3, -0.25) is 0 Å². The second-order valence-electron chi connectivity index (χ2n) is 7.52. The van der Waals surface area contributed by atoms with Crippen molar-refractivity contribution in [2.24, 2.45) is 22.7 Å². The van der Waals surface area contributed by atoms with Gasteiger partial charge in [0.2, 0.25) is 0 Å². The zero-order valence-electron chi connectivity index (χ0n) is 11.9. The molecule has 0 radical (unpaired) electrons. The standard InChI is InChI=1S/C15H24O3/c1-13(2)14(3)6-10-5-11(7-14)9-15(13,8-10)18-12(16)17-4/h10-11H,5-9H2,1-4H3. The molecule has 18 heavy (non-hydrogen) atoms. The Morgan fingerprint density at radius 1 is 1.06 bits per heavy atom. The van der Waals surface area contributed by atoms with Crippen LogP contribution in [0, 0.1) is 22.7 Å². The van der Waals surface area contributed by atoms with Crippen LogP contribution >= 0.6 is 0 Å². The first-order chi connectivity index (χ1) is 8.32. The van der Waals surface area contributed by atoms with Crippen LogP contribution in [0.15, 0.2) is 0 Å². The predicted molar refractivity (Wildman–Crippen MR) is 68.2 cm³/mol. The van der Waals surface area contributed by atoms with Crippen molar-refractivity contribution in [3.8, 4) is 0 Å². The lowest BCUT2D eigenvalue weighted by atomic mass is 9.38. The van der Waals surface area contributed by atoms with E-state index in [1.165, 1.54) is 26.4 Å². The van der Waals surface area contributed by atoms with Gasteiger partial charge < -0.3 is 9.47 Å². The van der Waals surface area contributed by atoms with Gasteiger partial charge in [-0.25, -0.2) is 4.79 Å². The maximum absolute atomic E-state index is 11.6. The third kappa shape index (κ3) is 1.33. The van der Waals surface area contributed by atoms with Gasteiger partial charge in [0.25, 0.3) is 0 Å². The van der Waals surface area contributed by atoms with Crippen LogP contribution in [0.1, 0.15) is 52.9 Å². The second kappa shape index (κ2) is 3.43. The van der Waals surface area contributed by atoms with E-state index in [2.05, 4.69) is 20.8 Å². The molecule has 4 aliphatic carbocycles. The van der Waals surface area contributed by atoms with Crippen molar-refractivity contribution < 1.29 is 14.3 Å². The Morgan fingerprint density at radius 3 is 2.11 bits per heavy atom. The highest BCUT2D eigenvalue weighted by Gasteiger charge is 2.68. The Hall–Kier alpha value is -0.730. The number of hydrogen-bond donors (Lipinski definition) is 0. The average Bonchev–Trinajstić information content (AvgIpc) is 2.25. The third-order valence-corrected chi connectivity index (χ3v) is 6.48. The van der Waals surface area contributed by atoms with Gasteiger partial charge in [0.1, 0.15) is 5.60 Å². The molecule has 0 saturated heterocycles. The minimum absolute atomic E-state index is 0.0433. The molecule has 4 saturated carbocycles. The molecule has 0 amide bonds. The van der Waals surface area contributed by atoms with E-state index in [1.807, 2.05) is 0 Å². The molecule has 0 aromatic rings. The van der Waals surface area contributed by atoms with Gasteiger partial charge in [-0.15, -0.1) is 0 Å². The van der Waals surface area contributed by atoms with E-state index in [0.29, 0.717) is 5.41 Å². The van der Waals surface area contributed by atoms with E-state index in [9.17, 15) is 4.79 Å². The van der Waals surface area contributed by atoms with Gasteiger partial charge in [0, 0.05) is 5.41 Å². The van der Waals surface area contributed by atoms with E-state index in [0.717, 1.165) is 24.7 Å². The van der Waals surface area contributed by atoms with Gasteiger partial charge in [0.15, 0.2) is 0 Å². The SMILES string of the molecule is COC(=O)OC12CC3CC(CC(C)(C3)C1(C)C)C2. The Kier molecular flexibility index (Phi) is 2.34. The van der Waals surface area contributed by atoms with E-state index >= 15 is 0 Å². The maximum atomic E-state index is 11.6. The van der Waals surface area contributed by atoms with Crippen LogP contribution in [0.3, 0.4) is 0 Å². The first kappa shape index (κ1) is 12.3. The third-order valence-electron chi connectivity index (χ3n) is 6.48.